The number of rotatable bonds is 3. The third-order valence-corrected chi connectivity index (χ3v) is 2.44. The van der Waals surface area contributed by atoms with Gasteiger partial charge in [-0.1, -0.05) is 6.07 Å². The van der Waals surface area contributed by atoms with Crippen molar-refractivity contribution in [2.24, 2.45) is 0 Å². The van der Waals surface area contributed by atoms with E-state index in [1.54, 1.807) is 6.20 Å². The normalized spacial score (nSPS) is 22.1. The fourth-order valence-corrected chi connectivity index (χ4v) is 1.65. The summed E-state index contributed by atoms with van der Waals surface area (Å²) in [7, 11) is 0. The number of aromatic nitrogens is 1. The molecule has 0 aliphatic carbocycles. The van der Waals surface area contributed by atoms with E-state index in [1.165, 1.54) is 12.8 Å². The van der Waals surface area contributed by atoms with Crippen molar-refractivity contribution in [1.82, 2.24) is 10.3 Å². The lowest BCUT2D eigenvalue weighted by Gasteiger charge is -2.22. The Balaban J connectivity index is 1.76. The summed E-state index contributed by atoms with van der Waals surface area (Å²) in [6.07, 6.45) is 4.55. The summed E-state index contributed by atoms with van der Waals surface area (Å²) in [6.45, 7) is 2.74. The lowest BCUT2D eigenvalue weighted by atomic mass is 10.1. The maximum Gasteiger partial charge on any atom is 0.0892 e. The Morgan fingerprint density at radius 2 is 2.50 bits per heavy atom. The zero-order chi connectivity index (χ0) is 9.64. The van der Waals surface area contributed by atoms with E-state index in [2.05, 4.69) is 10.3 Å². The first-order chi connectivity index (χ1) is 6.95. The molecule has 2 rings (SSSR count). The summed E-state index contributed by atoms with van der Waals surface area (Å²) in [5, 5.41) is 3.33. The highest BCUT2D eigenvalue weighted by Crippen LogP contribution is 2.08. The summed E-state index contributed by atoms with van der Waals surface area (Å²) >= 11 is 0. The molecule has 1 saturated heterocycles. The lowest BCUT2D eigenvalue weighted by molar-refractivity contribution is 0.0236. The number of nitrogens with zero attached hydrogens (tertiary/aromatic N) is 1. The number of hydrogen-bond donors (Lipinski definition) is 1. The third-order valence-electron chi connectivity index (χ3n) is 2.44. The minimum Gasteiger partial charge on any atom is -0.371 e. The van der Waals surface area contributed by atoms with Gasteiger partial charge in [0.2, 0.25) is 0 Å². The van der Waals surface area contributed by atoms with Crippen LogP contribution in [0.3, 0.4) is 0 Å². The lowest BCUT2D eigenvalue weighted by Crippen LogP contribution is -2.35. The van der Waals surface area contributed by atoms with Crippen molar-refractivity contribution >= 4 is 0 Å². The quantitative estimate of drug-likeness (QED) is 0.785. The molecule has 0 amide bonds. The molecule has 0 spiro atoms. The van der Waals surface area contributed by atoms with Crippen molar-refractivity contribution in [3.63, 3.8) is 0 Å². The van der Waals surface area contributed by atoms with Crippen LogP contribution in [-0.2, 0) is 11.3 Å². The summed E-state index contributed by atoms with van der Waals surface area (Å²) in [6, 6.07) is 5.91. The van der Waals surface area contributed by atoms with Crippen molar-refractivity contribution in [3.05, 3.63) is 30.1 Å². The van der Waals surface area contributed by atoms with Crippen LogP contribution in [0, 0.1) is 0 Å². The maximum atomic E-state index is 5.74. The fourth-order valence-electron chi connectivity index (χ4n) is 1.65. The molecule has 0 aromatic carbocycles. The maximum absolute atomic E-state index is 5.74. The first-order valence-corrected chi connectivity index (χ1v) is 5.17. The Kier molecular flexibility index (Phi) is 3.49. The van der Waals surface area contributed by atoms with Gasteiger partial charge in [-0.05, 0) is 31.5 Å². The molecule has 1 fully saturated rings. The standard InChI is InChI=1S/C11H16N2O/c1-2-7-13-10(4-1)9-14-11-5-3-6-12-8-11/h1-2,4,7,11-12H,3,5-6,8-9H2/t11-/m1/s1. The largest absolute Gasteiger partial charge is 0.371 e. The zero-order valence-electron chi connectivity index (χ0n) is 8.28. The number of pyridine rings is 1. The molecule has 0 radical (unpaired) electrons. The molecular formula is C11H16N2O. The fraction of sp³-hybridized carbons (Fsp3) is 0.545. The molecule has 1 aliphatic rings. The molecule has 1 aliphatic heterocycles. The van der Waals surface area contributed by atoms with Crippen molar-refractivity contribution < 1.29 is 4.74 Å². The summed E-state index contributed by atoms with van der Waals surface area (Å²) in [5.74, 6) is 0. The molecule has 1 atom stereocenters. The van der Waals surface area contributed by atoms with Gasteiger partial charge in [0, 0.05) is 12.7 Å². The summed E-state index contributed by atoms with van der Waals surface area (Å²) in [5.41, 5.74) is 1.01. The number of nitrogens with one attached hydrogen (secondary N) is 1. The Bertz CT molecular complexity index is 257. The number of ether oxygens (including phenoxy) is 1. The predicted molar refractivity (Wildman–Crippen MR) is 54.9 cm³/mol. The molecule has 76 valence electrons. The Labute approximate surface area is 84.5 Å². The minimum absolute atomic E-state index is 0.366. The van der Waals surface area contributed by atoms with Crippen LogP contribution in [0.5, 0.6) is 0 Å². The highest BCUT2D eigenvalue weighted by atomic mass is 16.5. The van der Waals surface area contributed by atoms with Crippen LogP contribution in [0.4, 0.5) is 0 Å². The summed E-state index contributed by atoms with van der Waals surface area (Å²) < 4.78 is 5.74. The smallest absolute Gasteiger partial charge is 0.0892 e. The Hall–Kier alpha value is -0.930. The van der Waals surface area contributed by atoms with E-state index < -0.39 is 0 Å². The van der Waals surface area contributed by atoms with Crippen LogP contribution in [0.25, 0.3) is 0 Å². The van der Waals surface area contributed by atoms with E-state index in [9.17, 15) is 0 Å². The SMILES string of the molecule is c1ccc(CO[C@@H]2CCCNC2)nc1. The monoisotopic (exact) mass is 192 g/mol. The van der Waals surface area contributed by atoms with Gasteiger partial charge < -0.3 is 10.1 Å². The first-order valence-electron chi connectivity index (χ1n) is 5.17. The average molecular weight is 192 g/mol. The van der Waals surface area contributed by atoms with Crippen molar-refractivity contribution in [2.75, 3.05) is 13.1 Å². The van der Waals surface area contributed by atoms with Gasteiger partial charge in [0.15, 0.2) is 0 Å². The number of piperidine rings is 1. The van der Waals surface area contributed by atoms with Crippen LogP contribution in [0.1, 0.15) is 18.5 Å². The van der Waals surface area contributed by atoms with Crippen molar-refractivity contribution in [1.29, 1.82) is 0 Å². The van der Waals surface area contributed by atoms with Gasteiger partial charge >= 0.3 is 0 Å². The van der Waals surface area contributed by atoms with Crippen LogP contribution in [0.2, 0.25) is 0 Å². The van der Waals surface area contributed by atoms with Gasteiger partial charge in [-0.2, -0.15) is 0 Å². The van der Waals surface area contributed by atoms with Crippen LogP contribution < -0.4 is 5.32 Å². The predicted octanol–water partition coefficient (Wildman–Crippen LogP) is 1.35. The zero-order valence-corrected chi connectivity index (χ0v) is 8.28. The van der Waals surface area contributed by atoms with Gasteiger partial charge in [0.25, 0.3) is 0 Å². The van der Waals surface area contributed by atoms with Crippen molar-refractivity contribution in [3.8, 4) is 0 Å². The molecule has 0 unspecified atom stereocenters. The van der Waals surface area contributed by atoms with Crippen LogP contribution in [0.15, 0.2) is 24.4 Å². The molecule has 14 heavy (non-hydrogen) atoms. The highest BCUT2D eigenvalue weighted by molar-refractivity contribution is 5.01. The average Bonchev–Trinajstić information content (AvgIpc) is 2.29. The summed E-state index contributed by atoms with van der Waals surface area (Å²) in [4.78, 5) is 4.22. The molecule has 1 aromatic heterocycles. The minimum atomic E-state index is 0.366. The molecule has 0 saturated carbocycles. The topological polar surface area (TPSA) is 34.1 Å². The Morgan fingerprint density at radius 3 is 3.21 bits per heavy atom. The molecule has 1 aromatic rings. The molecule has 1 N–H and O–H groups in total. The van der Waals surface area contributed by atoms with E-state index in [4.69, 9.17) is 4.74 Å². The van der Waals surface area contributed by atoms with E-state index in [0.717, 1.165) is 18.8 Å². The van der Waals surface area contributed by atoms with E-state index >= 15 is 0 Å². The van der Waals surface area contributed by atoms with E-state index in [1.807, 2.05) is 18.2 Å². The highest BCUT2D eigenvalue weighted by Gasteiger charge is 2.12. The van der Waals surface area contributed by atoms with Crippen LogP contribution >= 0.6 is 0 Å². The second-order valence-electron chi connectivity index (χ2n) is 3.60. The molecular weight excluding hydrogens is 176 g/mol. The van der Waals surface area contributed by atoms with Gasteiger partial charge in [0.1, 0.15) is 0 Å². The van der Waals surface area contributed by atoms with E-state index in [0.29, 0.717) is 12.7 Å². The molecule has 0 bridgehead atoms. The van der Waals surface area contributed by atoms with Gasteiger partial charge in [-0.15, -0.1) is 0 Å². The molecule has 3 heteroatoms. The van der Waals surface area contributed by atoms with Gasteiger partial charge in [0.05, 0.1) is 18.4 Å². The molecule has 2 heterocycles. The van der Waals surface area contributed by atoms with Crippen molar-refractivity contribution in [2.45, 2.75) is 25.6 Å². The third kappa shape index (κ3) is 2.79. The van der Waals surface area contributed by atoms with E-state index in [-0.39, 0.29) is 0 Å². The second-order valence-corrected chi connectivity index (χ2v) is 3.60. The Morgan fingerprint density at radius 1 is 1.50 bits per heavy atom. The molecule has 3 nitrogen and oxygen atoms in total. The van der Waals surface area contributed by atoms with Gasteiger partial charge in [-0.3, -0.25) is 4.98 Å². The number of hydrogen-bond acceptors (Lipinski definition) is 3. The first kappa shape index (κ1) is 9.62. The van der Waals surface area contributed by atoms with Gasteiger partial charge in [-0.25, -0.2) is 0 Å². The second kappa shape index (κ2) is 5.08. The van der Waals surface area contributed by atoms with Crippen LogP contribution in [-0.4, -0.2) is 24.2 Å².